The zero-order chi connectivity index (χ0) is 15.4. The number of amides is 1. The number of aryl methyl sites for hydroxylation is 1. The fourth-order valence-corrected chi connectivity index (χ4v) is 1.78. The minimum atomic E-state index is -0.989. The second kappa shape index (κ2) is 6.04. The third-order valence-corrected chi connectivity index (χ3v) is 2.85. The quantitative estimate of drug-likeness (QED) is 0.748. The van der Waals surface area contributed by atoms with Crippen LogP contribution in [0.15, 0.2) is 24.3 Å². The fourth-order valence-electron chi connectivity index (χ4n) is 1.78. The standard InChI is InChI=1S/C13H15N5O3/c1-8-2-4-9(5-3-8)18(7-6-10(19)20)12(21)11-15-13(14)17-16-11/h2-5H,6-7H2,1H3,(H,19,20)(H3,14,15,16,17). The lowest BCUT2D eigenvalue weighted by Crippen LogP contribution is -2.33. The summed E-state index contributed by atoms with van der Waals surface area (Å²) in [7, 11) is 0. The van der Waals surface area contributed by atoms with Crippen LogP contribution in [0.2, 0.25) is 0 Å². The molecule has 0 bridgehead atoms. The van der Waals surface area contributed by atoms with Gasteiger partial charge in [-0.15, -0.1) is 5.10 Å². The first-order valence-electron chi connectivity index (χ1n) is 6.25. The van der Waals surface area contributed by atoms with Crippen LogP contribution >= 0.6 is 0 Å². The number of carbonyl (C=O) groups is 2. The molecule has 2 aromatic rings. The zero-order valence-electron chi connectivity index (χ0n) is 11.4. The minimum absolute atomic E-state index is 0.0256. The Kier molecular flexibility index (Phi) is 4.17. The van der Waals surface area contributed by atoms with Crippen molar-refractivity contribution >= 4 is 23.5 Å². The molecule has 0 unspecified atom stereocenters. The van der Waals surface area contributed by atoms with E-state index in [1.165, 1.54) is 4.90 Å². The van der Waals surface area contributed by atoms with Gasteiger partial charge in [-0.1, -0.05) is 17.7 Å². The molecule has 8 heteroatoms. The Morgan fingerprint density at radius 2 is 2.00 bits per heavy atom. The number of aromatic nitrogens is 3. The van der Waals surface area contributed by atoms with Gasteiger partial charge in [-0.3, -0.25) is 14.7 Å². The first-order valence-corrected chi connectivity index (χ1v) is 6.25. The molecule has 0 saturated carbocycles. The van der Waals surface area contributed by atoms with Crippen molar-refractivity contribution in [1.82, 2.24) is 15.2 Å². The van der Waals surface area contributed by atoms with Gasteiger partial charge in [0, 0.05) is 12.2 Å². The lowest BCUT2D eigenvalue weighted by molar-refractivity contribution is -0.136. The molecule has 0 fully saturated rings. The van der Waals surface area contributed by atoms with Crippen LogP contribution in [0, 0.1) is 6.92 Å². The number of nitrogens with one attached hydrogen (secondary N) is 1. The number of rotatable bonds is 5. The van der Waals surface area contributed by atoms with Crippen LogP contribution in [-0.2, 0) is 4.79 Å². The molecule has 1 amide bonds. The molecule has 110 valence electrons. The number of carboxylic acid groups (broad SMARTS) is 1. The predicted molar refractivity (Wildman–Crippen MR) is 75.9 cm³/mol. The summed E-state index contributed by atoms with van der Waals surface area (Å²) in [5.74, 6) is -1.54. The van der Waals surface area contributed by atoms with Gasteiger partial charge in [-0.05, 0) is 19.1 Å². The highest BCUT2D eigenvalue weighted by atomic mass is 16.4. The monoisotopic (exact) mass is 289 g/mol. The average molecular weight is 289 g/mol. The summed E-state index contributed by atoms with van der Waals surface area (Å²) in [6.07, 6.45) is -0.177. The van der Waals surface area contributed by atoms with Gasteiger partial charge >= 0.3 is 5.97 Å². The van der Waals surface area contributed by atoms with E-state index in [0.717, 1.165) is 5.56 Å². The Morgan fingerprint density at radius 1 is 1.33 bits per heavy atom. The first kappa shape index (κ1) is 14.5. The maximum Gasteiger partial charge on any atom is 0.305 e. The molecule has 1 aromatic carbocycles. The SMILES string of the molecule is Cc1ccc(N(CCC(=O)O)C(=O)c2nc(N)n[nH]2)cc1. The molecular formula is C13H15N5O3. The summed E-state index contributed by atoms with van der Waals surface area (Å²) in [6, 6.07) is 7.17. The van der Waals surface area contributed by atoms with E-state index in [-0.39, 0.29) is 24.7 Å². The summed E-state index contributed by atoms with van der Waals surface area (Å²) < 4.78 is 0. The Morgan fingerprint density at radius 3 is 2.52 bits per heavy atom. The number of aromatic amines is 1. The van der Waals surface area contributed by atoms with Gasteiger partial charge in [0.2, 0.25) is 11.8 Å². The first-order chi connectivity index (χ1) is 9.97. The molecular weight excluding hydrogens is 274 g/mol. The van der Waals surface area contributed by atoms with Crippen LogP contribution in [0.4, 0.5) is 11.6 Å². The number of nitrogens with two attached hydrogens (primary N) is 1. The Balaban J connectivity index is 2.28. The van der Waals surface area contributed by atoms with Crippen LogP contribution in [0.25, 0.3) is 0 Å². The molecule has 21 heavy (non-hydrogen) atoms. The molecule has 1 heterocycles. The highest BCUT2D eigenvalue weighted by molar-refractivity contribution is 6.03. The average Bonchev–Trinajstić information content (AvgIpc) is 2.87. The summed E-state index contributed by atoms with van der Waals surface area (Å²) in [6.45, 7) is 1.95. The third-order valence-electron chi connectivity index (χ3n) is 2.85. The number of nitrogens with zero attached hydrogens (tertiary/aromatic N) is 3. The van der Waals surface area contributed by atoms with Crippen molar-refractivity contribution in [3.8, 4) is 0 Å². The zero-order valence-corrected chi connectivity index (χ0v) is 11.4. The highest BCUT2D eigenvalue weighted by Gasteiger charge is 2.21. The van der Waals surface area contributed by atoms with Crippen LogP contribution in [0.3, 0.4) is 0 Å². The number of aliphatic carboxylic acids is 1. The van der Waals surface area contributed by atoms with Crippen molar-refractivity contribution in [2.45, 2.75) is 13.3 Å². The van der Waals surface area contributed by atoms with Gasteiger partial charge in [-0.2, -0.15) is 4.98 Å². The number of hydrogen-bond donors (Lipinski definition) is 3. The van der Waals surface area contributed by atoms with Gasteiger partial charge in [0.25, 0.3) is 5.91 Å². The van der Waals surface area contributed by atoms with Crippen molar-refractivity contribution in [3.05, 3.63) is 35.7 Å². The van der Waals surface area contributed by atoms with Gasteiger partial charge in [0.05, 0.1) is 6.42 Å². The number of benzene rings is 1. The van der Waals surface area contributed by atoms with E-state index in [2.05, 4.69) is 15.2 Å². The predicted octanol–water partition coefficient (Wildman–Crippen LogP) is 0.817. The van der Waals surface area contributed by atoms with Crippen LogP contribution < -0.4 is 10.6 Å². The number of anilines is 2. The van der Waals surface area contributed by atoms with E-state index in [0.29, 0.717) is 5.69 Å². The Bertz CT molecular complexity index is 650. The molecule has 0 aliphatic heterocycles. The minimum Gasteiger partial charge on any atom is -0.481 e. The maximum absolute atomic E-state index is 12.4. The van der Waals surface area contributed by atoms with Crippen LogP contribution in [-0.4, -0.2) is 38.7 Å². The van der Waals surface area contributed by atoms with E-state index in [1.807, 2.05) is 19.1 Å². The second-order valence-electron chi connectivity index (χ2n) is 4.48. The highest BCUT2D eigenvalue weighted by Crippen LogP contribution is 2.17. The summed E-state index contributed by atoms with van der Waals surface area (Å²) in [5.41, 5.74) is 7.00. The number of H-pyrrole nitrogens is 1. The van der Waals surface area contributed by atoms with E-state index in [4.69, 9.17) is 10.8 Å². The second-order valence-corrected chi connectivity index (χ2v) is 4.48. The van der Waals surface area contributed by atoms with Crippen molar-refractivity contribution in [2.75, 3.05) is 17.2 Å². The molecule has 0 atom stereocenters. The molecule has 4 N–H and O–H groups in total. The lowest BCUT2D eigenvalue weighted by Gasteiger charge is -2.21. The smallest absolute Gasteiger partial charge is 0.305 e. The van der Waals surface area contributed by atoms with Crippen molar-refractivity contribution in [3.63, 3.8) is 0 Å². The van der Waals surface area contributed by atoms with Crippen LogP contribution in [0.5, 0.6) is 0 Å². The van der Waals surface area contributed by atoms with E-state index in [1.54, 1.807) is 12.1 Å². The summed E-state index contributed by atoms with van der Waals surface area (Å²) in [5, 5.41) is 14.8. The van der Waals surface area contributed by atoms with Crippen molar-refractivity contribution < 1.29 is 14.7 Å². The molecule has 0 spiro atoms. The van der Waals surface area contributed by atoms with Crippen molar-refractivity contribution in [2.24, 2.45) is 0 Å². The van der Waals surface area contributed by atoms with Gasteiger partial charge in [-0.25, -0.2) is 0 Å². The molecule has 1 aromatic heterocycles. The third kappa shape index (κ3) is 3.56. The number of carbonyl (C=O) groups excluding carboxylic acids is 1. The summed E-state index contributed by atoms with van der Waals surface area (Å²) >= 11 is 0. The largest absolute Gasteiger partial charge is 0.481 e. The van der Waals surface area contributed by atoms with Crippen LogP contribution in [0.1, 0.15) is 22.6 Å². The molecule has 8 nitrogen and oxygen atoms in total. The van der Waals surface area contributed by atoms with Gasteiger partial charge in [0.15, 0.2) is 0 Å². The Labute approximate surface area is 120 Å². The molecule has 0 aliphatic carbocycles. The normalized spacial score (nSPS) is 10.3. The fraction of sp³-hybridized carbons (Fsp3) is 0.231. The van der Waals surface area contributed by atoms with E-state index in [9.17, 15) is 9.59 Å². The van der Waals surface area contributed by atoms with Crippen molar-refractivity contribution in [1.29, 1.82) is 0 Å². The lowest BCUT2D eigenvalue weighted by atomic mass is 10.2. The maximum atomic E-state index is 12.4. The van der Waals surface area contributed by atoms with Gasteiger partial charge < -0.3 is 15.7 Å². The number of carboxylic acids is 1. The topological polar surface area (TPSA) is 125 Å². The molecule has 2 rings (SSSR count). The number of nitrogen functional groups attached to an aromatic ring is 1. The van der Waals surface area contributed by atoms with Gasteiger partial charge in [0.1, 0.15) is 0 Å². The molecule has 0 radical (unpaired) electrons. The summed E-state index contributed by atoms with van der Waals surface area (Å²) in [4.78, 5) is 28.3. The van der Waals surface area contributed by atoms with E-state index < -0.39 is 11.9 Å². The molecule has 0 aliphatic rings. The van der Waals surface area contributed by atoms with E-state index >= 15 is 0 Å². The Hall–Kier alpha value is -2.90. The molecule has 0 saturated heterocycles. The number of hydrogen-bond acceptors (Lipinski definition) is 5.